The van der Waals surface area contributed by atoms with E-state index in [-0.39, 0.29) is 6.61 Å². The molecule has 114 valence electrons. The van der Waals surface area contributed by atoms with Crippen LogP contribution in [0.1, 0.15) is 47.0 Å². The van der Waals surface area contributed by atoms with Gasteiger partial charge in [0.1, 0.15) is 11.8 Å². The molecule has 0 aliphatic heterocycles. The average molecular weight is 286 g/mol. The predicted molar refractivity (Wildman–Crippen MR) is 86.4 cm³/mol. The Morgan fingerprint density at radius 2 is 1.90 bits per heavy atom. The van der Waals surface area contributed by atoms with Crippen molar-refractivity contribution in [2.24, 2.45) is 10.8 Å². The second-order valence-electron chi connectivity index (χ2n) is 7.73. The maximum Gasteiger partial charge on any atom is 0.174 e. The lowest BCUT2D eigenvalue weighted by Gasteiger charge is -2.45. The van der Waals surface area contributed by atoms with Crippen molar-refractivity contribution in [2.45, 2.75) is 53.0 Å². The fourth-order valence-corrected chi connectivity index (χ4v) is 3.98. The molecule has 2 rings (SSSR count). The van der Waals surface area contributed by atoms with Crippen LogP contribution in [-0.2, 0) is 0 Å². The number of benzene rings is 1. The number of nitrogens with zero attached hydrogens (tertiary/aromatic N) is 1. The fraction of sp³-hybridized carbons (Fsp3) is 0.611. The standard InChI is InChI=1S/C18H26N2O/c1-17(2)11-15(12-18(3,4)13-17)20-14-6-5-7-16(10-14)21-9-8-19/h5-7,10,15,20H,9,11-13H2,1-4H3. The Morgan fingerprint density at radius 3 is 2.52 bits per heavy atom. The third-order valence-electron chi connectivity index (χ3n) is 4.06. The Balaban J connectivity index is 2.05. The Labute approximate surface area is 128 Å². The lowest BCUT2D eigenvalue weighted by Crippen LogP contribution is -2.40. The van der Waals surface area contributed by atoms with Gasteiger partial charge < -0.3 is 10.1 Å². The maximum atomic E-state index is 8.58. The minimum absolute atomic E-state index is 0.0902. The molecule has 0 spiro atoms. The molecule has 3 heteroatoms. The molecule has 1 aromatic rings. The summed E-state index contributed by atoms with van der Waals surface area (Å²) < 4.78 is 5.37. The highest BCUT2D eigenvalue weighted by molar-refractivity contribution is 5.49. The molecule has 3 nitrogen and oxygen atoms in total. The minimum atomic E-state index is 0.0902. The number of anilines is 1. The molecule has 1 aliphatic rings. The molecule has 1 fully saturated rings. The number of nitrogens with one attached hydrogen (secondary N) is 1. The third kappa shape index (κ3) is 4.67. The molecule has 21 heavy (non-hydrogen) atoms. The molecule has 0 unspecified atom stereocenters. The smallest absolute Gasteiger partial charge is 0.174 e. The van der Waals surface area contributed by atoms with E-state index < -0.39 is 0 Å². The SMILES string of the molecule is CC1(C)CC(Nc2cccc(OCC#N)c2)CC(C)(C)C1. The Hall–Kier alpha value is -1.69. The van der Waals surface area contributed by atoms with Gasteiger partial charge in [0.15, 0.2) is 6.61 Å². The summed E-state index contributed by atoms with van der Waals surface area (Å²) in [6.07, 6.45) is 3.63. The first kappa shape index (κ1) is 15.7. The summed E-state index contributed by atoms with van der Waals surface area (Å²) >= 11 is 0. The van der Waals surface area contributed by atoms with E-state index in [4.69, 9.17) is 10.00 Å². The van der Waals surface area contributed by atoms with Crippen molar-refractivity contribution in [1.29, 1.82) is 5.26 Å². The van der Waals surface area contributed by atoms with Gasteiger partial charge in [0.2, 0.25) is 0 Å². The highest BCUT2D eigenvalue weighted by Gasteiger charge is 2.38. The van der Waals surface area contributed by atoms with Crippen LogP contribution in [-0.4, -0.2) is 12.6 Å². The number of rotatable bonds is 4. The first-order valence-corrected chi connectivity index (χ1v) is 7.66. The normalized spacial score (nSPS) is 20.5. The second-order valence-corrected chi connectivity index (χ2v) is 7.73. The van der Waals surface area contributed by atoms with Crippen LogP contribution in [0.2, 0.25) is 0 Å². The molecule has 1 saturated carbocycles. The van der Waals surface area contributed by atoms with Crippen LogP contribution >= 0.6 is 0 Å². The van der Waals surface area contributed by atoms with Gasteiger partial charge in [-0.15, -0.1) is 0 Å². The zero-order chi connectivity index (χ0) is 15.5. The van der Waals surface area contributed by atoms with Gasteiger partial charge >= 0.3 is 0 Å². The summed E-state index contributed by atoms with van der Waals surface area (Å²) in [7, 11) is 0. The number of nitriles is 1. The monoisotopic (exact) mass is 286 g/mol. The van der Waals surface area contributed by atoms with Gasteiger partial charge in [-0.2, -0.15) is 5.26 Å². The lowest BCUT2D eigenvalue weighted by molar-refractivity contribution is 0.105. The van der Waals surface area contributed by atoms with E-state index >= 15 is 0 Å². The third-order valence-corrected chi connectivity index (χ3v) is 4.06. The van der Waals surface area contributed by atoms with Crippen LogP contribution in [0.5, 0.6) is 5.75 Å². The van der Waals surface area contributed by atoms with Crippen molar-refractivity contribution in [3.8, 4) is 11.8 Å². The topological polar surface area (TPSA) is 45.0 Å². The van der Waals surface area contributed by atoms with Crippen LogP contribution in [0.25, 0.3) is 0 Å². The van der Waals surface area contributed by atoms with E-state index in [1.165, 1.54) is 19.3 Å². The van der Waals surface area contributed by atoms with Gasteiger partial charge in [0.05, 0.1) is 0 Å². The van der Waals surface area contributed by atoms with E-state index in [1.54, 1.807) is 0 Å². The van der Waals surface area contributed by atoms with Crippen molar-refractivity contribution in [3.63, 3.8) is 0 Å². The van der Waals surface area contributed by atoms with Crippen molar-refractivity contribution in [2.75, 3.05) is 11.9 Å². The first-order chi connectivity index (χ1) is 9.80. The summed E-state index contributed by atoms with van der Waals surface area (Å²) in [5, 5.41) is 12.2. The molecule has 0 amide bonds. The van der Waals surface area contributed by atoms with E-state index in [1.807, 2.05) is 24.3 Å². The van der Waals surface area contributed by atoms with Crippen LogP contribution < -0.4 is 10.1 Å². The average Bonchev–Trinajstić information content (AvgIpc) is 2.33. The highest BCUT2D eigenvalue weighted by atomic mass is 16.5. The number of hydrogen-bond donors (Lipinski definition) is 1. The van der Waals surface area contributed by atoms with E-state index in [0.29, 0.717) is 16.9 Å². The maximum absolute atomic E-state index is 8.58. The van der Waals surface area contributed by atoms with Crippen LogP contribution in [0, 0.1) is 22.2 Å². The molecule has 1 aliphatic carbocycles. The quantitative estimate of drug-likeness (QED) is 0.879. The zero-order valence-electron chi connectivity index (χ0n) is 13.6. The van der Waals surface area contributed by atoms with Crippen molar-refractivity contribution in [1.82, 2.24) is 0 Å². The van der Waals surface area contributed by atoms with Gasteiger partial charge in [-0.1, -0.05) is 33.8 Å². The van der Waals surface area contributed by atoms with Crippen LogP contribution in [0.15, 0.2) is 24.3 Å². The number of hydrogen-bond acceptors (Lipinski definition) is 3. The minimum Gasteiger partial charge on any atom is -0.479 e. The highest BCUT2D eigenvalue weighted by Crippen LogP contribution is 2.46. The van der Waals surface area contributed by atoms with Crippen molar-refractivity contribution >= 4 is 5.69 Å². The van der Waals surface area contributed by atoms with Gasteiger partial charge in [0.25, 0.3) is 0 Å². The summed E-state index contributed by atoms with van der Waals surface area (Å²) in [6, 6.07) is 10.4. The predicted octanol–water partition coefficient (Wildman–Crippen LogP) is 4.61. The second kappa shape index (κ2) is 5.97. The summed E-state index contributed by atoms with van der Waals surface area (Å²) in [5.41, 5.74) is 1.81. The van der Waals surface area contributed by atoms with E-state index in [0.717, 1.165) is 11.4 Å². The molecule has 0 bridgehead atoms. The fourth-order valence-electron chi connectivity index (χ4n) is 3.98. The molecule has 0 atom stereocenters. The molecule has 0 heterocycles. The molecular weight excluding hydrogens is 260 g/mol. The largest absolute Gasteiger partial charge is 0.479 e. The van der Waals surface area contributed by atoms with Crippen molar-refractivity contribution in [3.05, 3.63) is 24.3 Å². The molecule has 1 N–H and O–H groups in total. The molecule has 1 aromatic carbocycles. The van der Waals surface area contributed by atoms with Crippen LogP contribution in [0.4, 0.5) is 5.69 Å². The molecule has 0 saturated heterocycles. The summed E-state index contributed by atoms with van der Waals surface area (Å²) in [5.74, 6) is 0.746. The van der Waals surface area contributed by atoms with Crippen LogP contribution in [0.3, 0.4) is 0 Å². The van der Waals surface area contributed by atoms with E-state index in [9.17, 15) is 0 Å². The van der Waals surface area contributed by atoms with Gasteiger partial charge in [0, 0.05) is 17.8 Å². The summed E-state index contributed by atoms with van der Waals surface area (Å²) in [4.78, 5) is 0. The van der Waals surface area contributed by atoms with Gasteiger partial charge in [-0.05, 0) is 42.2 Å². The Kier molecular flexibility index (Phi) is 4.46. The summed E-state index contributed by atoms with van der Waals surface area (Å²) in [6.45, 7) is 9.51. The van der Waals surface area contributed by atoms with Gasteiger partial charge in [-0.3, -0.25) is 0 Å². The number of ether oxygens (including phenoxy) is 1. The van der Waals surface area contributed by atoms with Crippen molar-refractivity contribution < 1.29 is 4.74 Å². The molecule has 0 aromatic heterocycles. The Bertz CT molecular complexity index is 512. The first-order valence-electron chi connectivity index (χ1n) is 7.66. The molecular formula is C18H26N2O. The zero-order valence-corrected chi connectivity index (χ0v) is 13.6. The Morgan fingerprint density at radius 1 is 1.24 bits per heavy atom. The molecule has 0 radical (unpaired) electrons. The van der Waals surface area contributed by atoms with E-state index in [2.05, 4.69) is 39.1 Å². The van der Waals surface area contributed by atoms with Gasteiger partial charge in [-0.25, -0.2) is 0 Å². The lowest BCUT2D eigenvalue weighted by atomic mass is 9.63.